The Labute approximate surface area is 257 Å². The normalized spacial score (nSPS) is 13.6. The molecule has 43 heavy (non-hydrogen) atoms. The van der Waals surface area contributed by atoms with E-state index < -0.39 is 11.4 Å². The van der Waals surface area contributed by atoms with Crippen molar-refractivity contribution in [3.8, 4) is 5.75 Å². The third kappa shape index (κ3) is 10.2. The average molecular weight is 585 g/mol. The van der Waals surface area contributed by atoms with Gasteiger partial charge in [0.05, 0.1) is 30.0 Å². The number of benzene rings is 2. The molecule has 0 saturated heterocycles. The van der Waals surface area contributed by atoms with E-state index in [9.17, 15) is 9.90 Å². The predicted molar refractivity (Wildman–Crippen MR) is 175 cm³/mol. The molecule has 3 aromatic rings. The van der Waals surface area contributed by atoms with Gasteiger partial charge >= 0.3 is 5.97 Å². The Morgan fingerprint density at radius 2 is 1.81 bits per heavy atom. The van der Waals surface area contributed by atoms with Gasteiger partial charge in [-0.25, -0.2) is 0 Å². The van der Waals surface area contributed by atoms with Crippen molar-refractivity contribution in [3.63, 3.8) is 0 Å². The van der Waals surface area contributed by atoms with Crippen LogP contribution < -0.4 is 10.1 Å². The minimum absolute atomic E-state index is 0.501. The minimum Gasteiger partial charge on any atom is -0.493 e. The summed E-state index contributed by atoms with van der Waals surface area (Å²) in [5, 5.41) is 13.1. The molecule has 0 atom stereocenters. The van der Waals surface area contributed by atoms with Crippen LogP contribution >= 0.6 is 0 Å². The Kier molecular flexibility index (Phi) is 12.7. The highest BCUT2D eigenvalue weighted by atomic mass is 16.5. The lowest BCUT2D eigenvalue weighted by Gasteiger charge is -2.26. The number of unbranched alkanes of at least 4 members (excludes halogenated alkanes) is 1. The second-order valence-electron chi connectivity index (χ2n) is 11.7. The first kappa shape index (κ1) is 32.3. The number of ether oxygens (including phenoxy) is 2. The van der Waals surface area contributed by atoms with E-state index in [0.29, 0.717) is 39.0 Å². The maximum atomic E-state index is 11.8. The number of pyridine rings is 1. The van der Waals surface area contributed by atoms with Gasteiger partial charge in [0.25, 0.3) is 0 Å². The van der Waals surface area contributed by atoms with Crippen LogP contribution in [0.1, 0.15) is 87.7 Å². The number of hydrogen-bond acceptors (Lipinski definition) is 5. The number of anilines is 1. The first-order valence-corrected chi connectivity index (χ1v) is 16.0. The molecule has 1 aliphatic carbocycles. The molecule has 1 aliphatic rings. The Hall–Kier alpha value is -3.64. The quantitative estimate of drug-likeness (QED) is 0.137. The third-order valence-corrected chi connectivity index (χ3v) is 8.79. The number of nitrogens with one attached hydrogen (secondary N) is 1. The summed E-state index contributed by atoms with van der Waals surface area (Å²) < 4.78 is 11.8. The van der Waals surface area contributed by atoms with Crippen molar-refractivity contribution in [1.29, 1.82) is 0 Å². The third-order valence-electron chi connectivity index (χ3n) is 8.79. The van der Waals surface area contributed by atoms with Gasteiger partial charge in [-0.15, -0.1) is 0 Å². The monoisotopic (exact) mass is 584 g/mol. The van der Waals surface area contributed by atoms with Crippen LogP contribution in [0.5, 0.6) is 5.75 Å². The van der Waals surface area contributed by atoms with E-state index in [1.807, 2.05) is 62.4 Å². The van der Waals surface area contributed by atoms with Crippen LogP contribution in [0.15, 0.2) is 66.7 Å². The van der Waals surface area contributed by atoms with E-state index in [0.717, 1.165) is 60.2 Å². The lowest BCUT2D eigenvalue weighted by molar-refractivity contribution is -0.149. The van der Waals surface area contributed by atoms with E-state index in [1.165, 1.54) is 24.8 Å². The highest BCUT2D eigenvalue weighted by Gasteiger charge is 2.34. The average Bonchev–Trinajstić information content (AvgIpc) is 3.00. The zero-order valence-electron chi connectivity index (χ0n) is 25.9. The molecule has 1 heterocycles. The second-order valence-corrected chi connectivity index (χ2v) is 11.7. The molecule has 1 fully saturated rings. The predicted octanol–water partition coefficient (Wildman–Crippen LogP) is 8.66. The molecular formula is C37H48N2O4. The van der Waals surface area contributed by atoms with Crippen LogP contribution in [0.3, 0.4) is 0 Å². The number of hydrogen-bond donors (Lipinski definition) is 2. The van der Waals surface area contributed by atoms with Crippen LogP contribution in [0.25, 0.3) is 12.2 Å². The Bertz CT molecular complexity index is 1300. The van der Waals surface area contributed by atoms with Crippen molar-refractivity contribution in [3.05, 3.63) is 89.2 Å². The topological polar surface area (TPSA) is 80.7 Å². The standard InChI is InChI=1S/C37H48N2O4/c1-3-37(4-2,36(40)41)23-24-38-33-15-8-11-30(26-33)17-20-32-14-9-16-34(39-32)28-42-25-6-5-10-29-18-21-35(22-19-29)43-27-31-12-7-13-31/h8-9,11,14-22,26,31,38H,3-7,10,12-13,23-25,27-28H2,1-2H3,(H,40,41). The molecule has 230 valence electrons. The van der Waals surface area contributed by atoms with E-state index in [-0.39, 0.29) is 0 Å². The van der Waals surface area contributed by atoms with Crippen molar-refractivity contribution in [2.24, 2.45) is 11.3 Å². The molecule has 0 spiro atoms. The van der Waals surface area contributed by atoms with E-state index in [4.69, 9.17) is 14.5 Å². The fourth-order valence-corrected chi connectivity index (χ4v) is 5.40. The maximum Gasteiger partial charge on any atom is 0.309 e. The number of carbonyl (C=O) groups is 1. The van der Waals surface area contributed by atoms with Crippen molar-refractivity contribution >= 4 is 23.8 Å². The van der Waals surface area contributed by atoms with Crippen LogP contribution in [-0.2, 0) is 22.6 Å². The molecular weight excluding hydrogens is 536 g/mol. The summed E-state index contributed by atoms with van der Waals surface area (Å²) in [4.78, 5) is 16.5. The Balaban J connectivity index is 1.15. The van der Waals surface area contributed by atoms with Crippen molar-refractivity contribution in [2.45, 2.75) is 78.2 Å². The molecule has 0 radical (unpaired) electrons. The lowest BCUT2D eigenvalue weighted by atomic mass is 9.79. The fourth-order valence-electron chi connectivity index (χ4n) is 5.40. The maximum absolute atomic E-state index is 11.8. The van der Waals surface area contributed by atoms with Crippen LogP contribution in [-0.4, -0.2) is 35.8 Å². The van der Waals surface area contributed by atoms with Gasteiger partial charge in [0.1, 0.15) is 5.75 Å². The molecule has 0 unspecified atom stereocenters. The molecule has 0 bridgehead atoms. The van der Waals surface area contributed by atoms with Crippen LogP contribution in [0.2, 0.25) is 0 Å². The van der Waals surface area contributed by atoms with E-state index in [1.54, 1.807) is 0 Å². The molecule has 4 rings (SSSR count). The Morgan fingerprint density at radius 3 is 2.53 bits per heavy atom. The Morgan fingerprint density at radius 1 is 1.02 bits per heavy atom. The molecule has 6 nitrogen and oxygen atoms in total. The summed E-state index contributed by atoms with van der Waals surface area (Å²) in [7, 11) is 0. The SMILES string of the molecule is CCC(CC)(CCNc1cccc(C=Cc2cccc(COCCCCc3ccc(OCC4CCC4)cc3)n2)c1)C(=O)O. The van der Waals surface area contributed by atoms with Gasteiger partial charge in [-0.3, -0.25) is 9.78 Å². The van der Waals surface area contributed by atoms with Crippen LogP contribution in [0, 0.1) is 11.3 Å². The van der Waals surface area contributed by atoms with Gasteiger partial charge < -0.3 is 19.9 Å². The fraction of sp³-hybridized carbons (Fsp3) is 0.459. The zero-order chi connectivity index (χ0) is 30.3. The molecule has 6 heteroatoms. The first-order chi connectivity index (χ1) is 21.0. The number of carboxylic acid groups (broad SMARTS) is 1. The highest BCUT2D eigenvalue weighted by molar-refractivity contribution is 5.74. The van der Waals surface area contributed by atoms with E-state index >= 15 is 0 Å². The summed E-state index contributed by atoms with van der Waals surface area (Å²) in [6, 6.07) is 22.7. The molecule has 2 N–H and O–H groups in total. The lowest BCUT2D eigenvalue weighted by Crippen LogP contribution is -2.31. The number of carboxylic acids is 1. The largest absolute Gasteiger partial charge is 0.493 e. The van der Waals surface area contributed by atoms with Gasteiger partial charge in [0, 0.05) is 18.8 Å². The van der Waals surface area contributed by atoms with Gasteiger partial charge in [-0.1, -0.05) is 56.7 Å². The van der Waals surface area contributed by atoms with Gasteiger partial charge in [-0.2, -0.15) is 0 Å². The molecule has 0 aliphatic heterocycles. The molecule has 0 amide bonds. The minimum atomic E-state index is -0.710. The molecule has 1 saturated carbocycles. The number of aryl methyl sites for hydroxylation is 1. The van der Waals surface area contributed by atoms with Crippen molar-refractivity contribution < 1.29 is 19.4 Å². The molecule has 1 aromatic heterocycles. The zero-order valence-corrected chi connectivity index (χ0v) is 25.9. The number of rotatable bonds is 19. The van der Waals surface area contributed by atoms with Gasteiger partial charge in [0.15, 0.2) is 0 Å². The number of nitrogens with zero attached hydrogens (tertiary/aromatic N) is 1. The summed E-state index contributed by atoms with van der Waals surface area (Å²) in [6.45, 7) is 6.59. The second kappa shape index (κ2) is 16.9. The van der Waals surface area contributed by atoms with Crippen LogP contribution in [0.4, 0.5) is 5.69 Å². The van der Waals surface area contributed by atoms with Crippen molar-refractivity contribution in [1.82, 2.24) is 4.98 Å². The van der Waals surface area contributed by atoms with Gasteiger partial charge in [-0.05, 0) is 111 Å². The summed E-state index contributed by atoms with van der Waals surface area (Å²) >= 11 is 0. The number of aromatic nitrogens is 1. The van der Waals surface area contributed by atoms with Gasteiger partial charge in [0.2, 0.25) is 0 Å². The van der Waals surface area contributed by atoms with E-state index in [2.05, 4.69) is 35.6 Å². The summed E-state index contributed by atoms with van der Waals surface area (Å²) in [5.41, 5.74) is 4.52. The first-order valence-electron chi connectivity index (χ1n) is 16.0. The summed E-state index contributed by atoms with van der Waals surface area (Å²) in [6.07, 6.45) is 13.0. The van der Waals surface area contributed by atoms with Crippen molar-refractivity contribution in [2.75, 3.05) is 25.1 Å². The molecule has 2 aromatic carbocycles. The number of aliphatic carboxylic acids is 1. The smallest absolute Gasteiger partial charge is 0.309 e. The highest BCUT2D eigenvalue weighted by Crippen LogP contribution is 2.31. The summed E-state index contributed by atoms with van der Waals surface area (Å²) in [5.74, 6) is 1.03.